The maximum absolute atomic E-state index is 11.0. The van der Waals surface area contributed by atoms with E-state index in [4.69, 9.17) is 5.11 Å². The molecule has 0 saturated heterocycles. The minimum Gasteiger partial charge on any atom is -0.478 e. The predicted molar refractivity (Wildman–Crippen MR) is 114 cm³/mol. The number of rotatable bonds is 3. The molecule has 28 heavy (non-hydrogen) atoms. The van der Waals surface area contributed by atoms with Crippen molar-refractivity contribution in [2.45, 2.75) is 58.0 Å². The Kier molecular flexibility index (Phi) is 5.63. The smallest absolute Gasteiger partial charge is 0.335 e. The van der Waals surface area contributed by atoms with Gasteiger partial charge in [0, 0.05) is 23.2 Å². The van der Waals surface area contributed by atoms with Crippen LogP contribution < -0.4 is 0 Å². The fourth-order valence-electron chi connectivity index (χ4n) is 3.92. The molecule has 146 valence electrons. The van der Waals surface area contributed by atoms with Crippen molar-refractivity contribution < 1.29 is 9.90 Å². The number of hydrogen-bond donors (Lipinski definition) is 1. The first-order chi connectivity index (χ1) is 13.2. The average Bonchev–Trinajstić information content (AvgIpc) is 2.66. The number of carboxylic acid groups (broad SMARTS) is 1. The molecule has 3 nitrogen and oxygen atoms in total. The van der Waals surface area contributed by atoms with Gasteiger partial charge >= 0.3 is 5.97 Å². The van der Waals surface area contributed by atoms with Crippen LogP contribution in [0.25, 0.3) is 0 Å². The van der Waals surface area contributed by atoms with Gasteiger partial charge in [0.05, 0.1) is 5.56 Å². The SMILES string of the molecule is CC(C)N(C)C1CCC(C)(C)c2cc(C#Cc3ccc(C(=O)O)cc3)ccc21. The van der Waals surface area contributed by atoms with Gasteiger partial charge in [-0.1, -0.05) is 31.8 Å². The van der Waals surface area contributed by atoms with Gasteiger partial charge in [0.15, 0.2) is 0 Å². The molecule has 1 unspecified atom stereocenters. The summed E-state index contributed by atoms with van der Waals surface area (Å²) in [6.45, 7) is 9.13. The second-order valence-corrected chi connectivity index (χ2v) is 8.63. The van der Waals surface area contributed by atoms with Crippen LogP contribution in [0.3, 0.4) is 0 Å². The monoisotopic (exact) mass is 375 g/mol. The van der Waals surface area contributed by atoms with Crippen molar-refractivity contribution >= 4 is 5.97 Å². The van der Waals surface area contributed by atoms with Crippen LogP contribution in [0, 0.1) is 11.8 Å². The van der Waals surface area contributed by atoms with Gasteiger partial charge in [-0.05, 0) is 86.7 Å². The van der Waals surface area contributed by atoms with Crippen molar-refractivity contribution in [2.75, 3.05) is 7.05 Å². The van der Waals surface area contributed by atoms with Gasteiger partial charge in [-0.15, -0.1) is 0 Å². The van der Waals surface area contributed by atoms with Gasteiger partial charge in [-0.2, -0.15) is 0 Å². The molecule has 1 atom stereocenters. The molecule has 3 heteroatoms. The summed E-state index contributed by atoms with van der Waals surface area (Å²) in [6.07, 6.45) is 2.34. The lowest BCUT2D eigenvalue weighted by atomic mass is 9.70. The third kappa shape index (κ3) is 4.13. The summed E-state index contributed by atoms with van der Waals surface area (Å²) < 4.78 is 0. The Bertz CT molecular complexity index is 929. The fraction of sp³-hybridized carbons (Fsp3) is 0.400. The lowest BCUT2D eigenvalue weighted by Crippen LogP contribution is -2.37. The third-order valence-corrected chi connectivity index (χ3v) is 5.97. The van der Waals surface area contributed by atoms with Crippen LogP contribution in [-0.2, 0) is 5.41 Å². The van der Waals surface area contributed by atoms with Crippen molar-refractivity contribution in [3.63, 3.8) is 0 Å². The fourth-order valence-corrected chi connectivity index (χ4v) is 3.92. The minimum atomic E-state index is -0.919. The van der Waals surface area contributed by atoms with Gasteiger partial charge in [-0.25, -0.2) is 4.79 Å². The lowest BCUT2D eigenvalue weighted by Gasteiger charge is -2.42. The Balaban J connectivity index is 1.93. The maximum Gasteiger partial charge on any atom is 0.335 e. The standard InChI is InChI=1S/C25H29NO2/c1-17(2)26(5)23-14-15-25(3,4)22-16-19(10-13-21(22)23)7-6-18-8-11-20(12-9-18)24(27)28/h8-13,16-17,23H,14-15H2,1-5H3,(H,27,28). The zero-order chi connectivity index (χ0) is 20.5. The molecule has 1 aliphatic rings. The average molecular weight is 376 g/mol. The van der Waals surface area contributed by atoms with Crippen molar-refractivity contribution in [3.05, 3.63) is 70.3 Å². The van der Waals surface area contributed by atoms with E-state index in [0.29, 0.717) is 12.1 Å². The first-order valence-corrected chi connectivity index (χ1v) is 9.91. The quantitative estimate of drug-likeness (QED) is 0.746. The second-order valence-electron chi connectivity index (χ2n) is 8.63. The zero-order valence-electron chi connectivity index (χ0n) is 17.4. The minimum absolute atomic E-state index is 0.143. The highest BCUT2D eigenvalue weighted by atomic mass is 16.4. The highest BCUT2D eigenvalue weighted by Crippen LogP contribution is 2.44. The van der Waals surface area contributed by atoms with Crippen LogP contribution in [0.1, 0.15) is 79.2 Å². The normalized spacial score (nSPS) is 17.8. The van der Waals surface area contributed by atoms with Crippen LogP contribution in [0.2, 0.25) is 0 Å². The van der Waals surface area contributed by atoms with Gasteiger partial charge in [0.25, 0.3) is 0 Å². The van der Waals surface area contributed by atoms with Crippen molar-refractivity contribution in [2.24, 2.45) is 0 Å². The van der Waals surface area contributed by atoms with Crippen LogP contribution in [0.5, 0.6) is 0 Å². The van der Waals surface area contributed by atoms with E-state index in [0.717, 1.165) is 17.5 Å². The summed E-state index contributed by atoms with van der Waals surface area (Å²) in [5.74, 6) is 5.49. The maximum atomic E-state index is 11.0. The largest absolute Gasteiger partial charge is 0.478 e. The number of carbonyl (C=O) groups is 1. The highest BCUT2D eigenvalue weighted by molar-refractivity contribution is 5.87. The number of aromatic carboxylic acids is 1. The molecule has 0 aromatic heterocycles. The van der Waals surface area contributed by atoms with Crippen LogP contribution in [0.4, 0.5) is 0 Å². The molecule has 1 N–H and O–H groups in total. The molecule has 0 radical (unpaired) electrons. The van der Waals surface area contributed by atoms with Gasteiger partial charge < -0.3 is 5.11 Å². The molecule has 1 aliphatic carbocycles. The molecule has 0 amide bonds. The molecule has 2 aromatic carbocycles. The number of hydrogen-bond acceptors (Lipinski definition) is 2. The number of nitrogens with zero attached hydrogens (tertiary/aromatic N) is 1. The van der Waals surface area contributed by atoms with Crippen LogP contribution >= 0.6 is 0 Å². The van der Waals surface area contributed by atoms with E-state index in [1.165, 1.54) is 17.5 Å². The topological polar surface area (TPSA) is 40.5 Å². The van der Waals surface area contributed by atoms with E-state index in [1.54, 1.807) is 24.3 Å². The van der Waals surface area contributed by atoms with E-state index in [9.17, 15) is 4.79 Å². The summed E-state index contributed by atoms with van der Waals surface area (Å²) >= 11 is 0. The Morgan fingerprint density at radius 3 is 2.32 bits per heavy atom. The number of carboxylic acids is 1. The highest BCUT2D eigenvalue weighted by Gasteiger charge is 2.34. The summed E-state index contributed by atoms with van der Waals surface area (Å²) in [7, 11) is 2.21. The molecule has 2 aromatic rings. The first kappa shape index (κ1) is 20.2. The van der Waals surface area contributed by atoms with Crippen molar-refractivity contribution in [1.82, 2.24) is 4.90 Å². The van der Waals surface area contributed by atoms with E-state index >= 15 is 0 Å². The second kappa shape index (κ2) is 7.81. The molecule has 0 aliphatic heterocycles. The van der Waals surface area contributed by atoms with Crippen molar-refractivity contribution in [3.8, 4) is 11.8 Å². The van der Waals surface area contributed by atoms with Gasteiger partial charge in [-0.3, -0.25) is 4.90 Å². The Morgan fingerprint density at radius 1 is 1.11 bits per heavy atom. The summed E-state index contributed by atoms with van der Waals surface area (Å²) in [6, 6.07) is 14.3. The van der Waals surface area contributed by atoms with Gasteiger partial charge in [0.1, 0.15) is 0 Å². The molecule has 0 heterocycles. The lowest BCUT2D eigenvalue weighted by molar-refractivity contribution is 0.0697. The van der Waals surface area contributed by atoms with Crippen LogP contribution in [-0.4, -0.2) is 29.1 Å². The molecule has 0 saturated carbocycles. The van der Waals surface area contributed by atoms with Crippen LogP contribution in [0.15, 0.2) is 42.5 Å². The number of benzene rings is 2. The molecular weight excluding hydrogens is 346 g/mol. The number of fused-ring (bicyclic) bond motifs is 1. The van der Waals surface area contributed by atoms with E-state index in [2.05, 4.69) is 69.7 Å². The van der Waals surface area contributed by atoms with Gasteiger partial charge in [0.2, 0.25) is 0 Å². The zero-order valence-corrected chi connectivity index (χ0v) is 17.4. The summed E-state index contributed by atoms with van der Waals surface area (Å²) in [5, 5.41) is 9.00. The predicted octanol–water partition coefficient (Wildman–Crippen LogP) is 5.24. The Morgan fingerprint density at radius 2 is 1.71 bits per heavy atom. The van der Waals surface area contributed by atoms with Crippen molar-refractivity contribution in [1.29, 1.82) is 0 Å². The summed E-state index contributed by atoms with van der Waals surface area (Å²) in [5.41, 5.74) is 5.06. The third-order valence-electron chi connectivity index (χ3n) is 5.97. The van der Waals surface area contributed by atoms with E-state index in [1.807, 2.05) is 0 Å². The molecule has 0 bridgehead atoms. The van der Waals surface area contributed by atoms with E-state index < -0.39 is 5.97 Å². The molecule has 0 fully saturated rings. The Hall–Kier alpha value is -2.57. The first-order valence-electron chi connectivity index (χ1n) is 9.91. The Labute approximate surface area is 168 Å². The van der Waals surface area contributed by atoms with E-state index in [-0.39, 0.29) is 11.0 Å². The summed E-state index contributed by atoms with van der Waals surface area (Å²) in [4.78, 5) is 13.4. The molecular formula is C25H29NO2. The molecule has 0 spiro atoms. The molecule has 3 rings (SSSR count).